The molecule has 0 bridgehead atoms. The summed E-state index contributed by atoms with van der Waals surface area (Å²) in [5.41, 5.74) is 0.560. The zero-order chi connectivity index (χ0) is 17.2. The van der Waals surface area contributed by atoms with Crippen molar-refractivity contribution in [2.45, 2.75) is 27.7 Å². The van der Waals surface area contributed by atoms with Crippen molar-refractivity contribution >= 4 is 12.0 Å². The van der Waals surface area contributed by atoms with E-state index in [1.165, 1.54) is 6.08 Å². The summed E-state index contributed by atoms with van der Waals surface area (Å²) in [5.74, 6) is 0.779. The minimum atomic E-state index is -1.04. The average Bonchev–Trinajstić information content (AvgIpc) is 2.51. The van der Waals surface area contributed by atoms with Gasteiger partial charge in [-0.1, -0.05) is 0 Å². The number of hydrogen-bond acceptors (Lipinski definition) is 5. The first kappa shape index (κ1) is 18.7. The van der Waals surface area contributed by atoms with Crippen LogP contribution in [0, 0.1) is 0 Å². The van der Waals surface area contributed by atoms with Gasteiger partial charge in [-0.3, -0.25) is 0 Å². The largest absolute Gasteiger partial charge is 0.490 e. The maximum Gasteiger partial charge on any atom is 0.328 e. The lowest BCUT2D eigenvalue weighted by molar-refractivity contribution is -0.131. The van der Waals surface area contributed by atoms with Gasteiger partial charge in [-0.2, -0.15) is 0 Å². The number of aliphatic carboxylic acids is 1. The Kier molecular flexibility index (Phi) is 7.80. The summed E-state index contributed by atoms with van der Waals surface area (Å²) < 4.78 is 22.7. The van der Waals surface area contributed by atoms with Crippen molar-refractivity contribution < 1.29 is 28.8 Å². The highest BCUT2D eigenvalue weighted by Crippen LogP contribution is 2.47. The number of carboxylic acids is 1. The summed E-state index contributed by atoms with van der Waals surface area (Å²) in [6, 6.07) is 1.70. The molecule has 6 heteroatoms. The third kappa shape index (κ3) is 5.09. The molecule has 1 rings (SSSR count). The highest BCUT2D eigenvalue weighted by molar-refractivity contribution is 5.87. The van der Waals surface area contributed by atoms with E-state index in [-0.39, 0.29) is 0 Å². The van der Waals surface area contributed by atoms with Crippen molar-refractivity contribution in [3.63, 3.8) is 0 Å². The quantitative estimate of drug-likeness (QED) is 0.665. The van der Waals surface area contributed by atoms with Crippen LogP contribution in [0.1, 0.15) is 33.3 Å². The molecule has 0 atom stereocenters. The molecular weight excluding hydrogens is 300 g/mol. The number of carbonyl (C=O) groups is 1. The van der Waals surface area contributed by atoms with Gasteiger partial charge < -0.3 is 24.1 Å². The van der Waals surface area contributed by atoms with Crippen molar-refractivity contribution in [2.24, 2.45) is 0 Å². The van der Waals surface area contributed by atoms with E-state index in [9.17, 15) is 4.79 Å². The van der Waals surface area contributed by atoms with E-state index in [0.717, 1.165) is 6.08 Å². The van der Waals surface area contributed by atoms with Crippen LogP contribution in [0.2, 0.25) is 0 Å². The van der Waals surface area contributed by atoms with Gasteiger partial charge in [0.2, 0.25) is 11.5 Å². The van der Waals surface area contributed by atoms with Crippen LogP contribution in [0.5, 0.6) is 23.0 Å². The third-order valence-electron chi connectivity index (χ3n) is 2.76. The predicted molar refractivity (Wildman–Crippen MR) is 87.8 cm³/mol. The highest BCUT2D eigenvalue weighted by atomic mass is 16.6. The van der Waals surface area contributed by atoms with Crippen LogP contribution >= 0.6 is 0 Å². The van der Waals surface area contributed by atoms with Gasteiger partial charge in [0.05, 0.1) is 26.4 Å². The van der Waals surface area contributed by atoms with Gasteiger partial charge in [0.25, 0.3) is 0 Å². The first-order valence-corrected chi connectivity index (χ1v) is 7.72. The van der Waals surface area contributed by atoms with E-state index in [1.807, 2.05) is 27.7 Å². The molecule has 128 valence electrons. The second-order valence-electron chi connectivity index (χ2n) is 4.35. The molecule has 0 radical (unpaired) electrons. The Morgan fingerprint density at radius 3 is 1.96 bits per heavy atom. The van der Waals surface area contributed by atoms with Gasteiger partial charge in [-0.15, -0.1) is 0 Å². The SMILES string of the molecule is CCOc1cc(C=CC(=O)O)c(OCC)c(OCC)c1OCC. The summed E-state index contributed by atoms with van der Waals surface area (Å²) in [6.07, 6.45) is 2.50. The molecule has 1 N–H and O–H groups in total. The summed E-state index contributed by atoms with van der Waals surface area (Å²) in [4.78, 5) is 10.8. The molecule has 0 spiro atoms. The summed E-state index contributed by atoms with van der Waals surface area (Å²) in [6.45, 7) is 9.13. The Morgan fingerprint density at radius 2 is 1.43 bits per heavy atom. The number of rotatable bonds is 10. The van der Waals surface area contributed by atoms with E-state index in [4.69, 9.17) is 24.1 Å². The number of carboxylic acid groups (broad SMARTS) is 1. The maximum atomic E-state index is 10.8. The Bertz CT molecular complexity index is 551. The fourth-order valence-electron chi connectivity index (χ4n) is 2.02. The molecular formula is C17H24O6. The Labute approximate surface area is 136 Å². The summed E-state index contributed by atoms with van der Waals surface area (Å²) >= 11 is 0. The smallest absolute Gasteiger partial charge is 0.328 e. The van der Waals surface area contributed by atoms with Gasteiger partial charge in [0.15, 0.2) is 11.5 Å². The lowest BCUT2D eigenvalue weighted by Gasteiger charge is -2.20. The van der Waals surface area contributed by atoms with Crippen LogP contribution < -0.4 is 18.9 Å². The van der Waals surface area contributed by atoms with Gasteiger partial charge in [-0.05, 0) is 39.8 Å². The zero-order valence-corrected chi connectivity index (χ0v) is 14.0. The fraction of sp³-hybridized carbons (Fsp3) is 0.471. The molecule has 0 aliphatic heterocycles. The molecule has 0 saturated carbocycles. The van der Waals surface area contributed by atoms with Crippen LogP contribution in [0.15, 0.2) is 12.1 Å². The van der Waals surface area contributed by atoms with Crippen LogP contribution in [0.4, 0.5) is 0 Å². The molecule has 6 nitrogen and oxygen atoms in total. The van der Waals surface area contributed by atoms with Gasteiger partial charge >= 0.3 is 5.97 Å². The fourth-order valence-corrected chi connectivity index (χ4v) is 2.02. The van der Waals surface area contributed by atoms with Crippen LogP contribution in [-0.4, -0.2) is 37.5 Å². The molecule has 1 aromatic rings. The Morgan fingerprint density at radius 1 is 0.913 bits per heavy atom. The number of hydrogen-bond donors (Lipinski definition) is 1. The van der Waals surface area contributed by atoms with E-state index < -0.39 is 5.97 Å². The Balaban J connectivity index is 3.56. The normalized spacial score (nSPS) is 10.6. The van der Waals surface area contributed by atoms with Crippen LogP contribution in [0.3, 0.4) is 0 Å². The van der Waals surface area contributed by atoms with E-state index in [1.54, 1.807) is 6.07 Å². The molecule has 0 fully saturated rings. The van der Waals surface area contributed by atoms with Gasteiger partial charge in [-0.25, -0.2) is 4.79 Å². The van der Waals surface area contributed by atoms with Gasteiger partial charge in [0, 0.05) is 11.6 Å². The lowest BCUT2D eigenvalue weighted by Crippen LogP contribution is -2.06. The molecule has 0 amide bonds. The van der Waals surface area contributed by atoms with Gasteiger partial charge in [0.1, 0.15) is 0 Å². The van der Waals surface area contributed by atoms with Crippen molar-refractivity contribution in [3.05, 3.63) is 17.7 Å². The molecule has 0 unspecified atom stereocenters. The highest BCUT2D eigenvalue weighted by Gasteiger charge is 2.22. The molecule has 1 aromatic carbocycles. The average molecular weight is 324 g/mol. The second-order valence-corrected chi connectivity index (χ2v) is 4.35. The monoisotopic (exact) mass is 324 g/mol. The number of ether oxygens (including phenoxy) is 4. The first-order valence-electron chi connectivity index (χ1n) is 7.72. The van der Waals surface area contributed by atoms with Crippen LogP contribution in [-0.2, 0) is 4.79 Å². The van der Waals surface area contributed by atoms with E-state index in [2.05, 4.69) is 0 Å². The molecule has 0 heterocycles. The maximum absolute atomic E-state index is 10.8. The molecule has 0 aliphatic rings. The van der Waals surface area contributed by atoms with Crippen molar-refractivity contribution in [2.75, 3.05) is 26.4 Å². The summed E-state index contributed by atoms with van der Waals surface area (Å²) in [7, 11) is 0. The molecule has 0 aromatic heterocycles. The van der Waals surface area contributed by atoms with Crippen LogP contribution in [0.25, 0.3) is 6.08 Å². The summed E-state index contributed by atoms with van der Waals surface area (Å²) in [5, 5.41) is 8.86. The minimum absolute atomic E-state index is 0.410. The third-order valence-corrected chi connectivity index (χ3v) is 2.76. The van der Waals surface area contributed by atoms with Crippen molar-refractivity contribution in [1.29, 1.82) is 0 Å². The minimum Gasteiger partial charge on any atom is -0.490 e. The number of benzene rings is 1. The second kappa shape index (κ2) is 9.61. The predicted octanol–water partition coefficient (Wildman–Crippen LogP) is 3.38. The molecule has 23 heavy (non-hydrogen) atoms. The van der Waals surface area contributed by atoms with E-state index >= 15 is 0 Å². The van der Waals surface area contributed by atoms with E-state index in [0.29, 0.717) is 55.0 Å². The molecule has 0 saturated heterocycles. The van der Waals surface area contributed by atoms with Crippen molar-refractivity contribution in [1.82, 2.24) is 0 Å². The molecule has 0 aliphatic carbocycles. The lowest BCUT2D eigenvalue weighted by atomic mass is 10.1. The van der Waals surface area contributed by atoms with Crippen molar-refractivity contribution in [3.8, 4) is 23.0 Å². The zero-order valence-electron chi connectivity index (χ0n) is 14.0. The standard InChI is InChI=1S/C17H24O6/c1-5-20-13-11-12(9-10-14(18)19)15(21-6-2)17(23-8-4)16(13)22-7-3/h9-11H,5-8H2,1-4H3,(H,18,19). The topological polar surface area (TPSA) is 74.2 Å². The Hall–Kier alpha value is -2.37. The first-order chi connectivity index (χ1) is 11.1.